The van der Waals surface area contributed by atoms with Crippen molar-refractivity contribution in [3.63, 3.8) is 0 Å². The van der Waals surface area contributed by atoms with E-state index in [0.717, 1.165) is 51.0 Å². The number of aliphatic hydroxyl groups is 1. The topological polar surface area (TPSA) is 35.5 Å². The Balaban J connectivity index is 1.51. The zero-order valence-corrected chi connectivity index (χ0v) is 13.7. The Morgan fingerprint density at radius 1 is 1.17 bits per heavy atom. The first-order valence-corrected chi connectivity index (χ1v) is 8.79. The van der Waals surface area contributed by atoms with Crippen LogP contribution in [0.3, 0.4) is 0 Å². The van der Waals surface area contributed by atoms with Gasteiger partial charge in [0.1, 0.15) is 5.82 Å². The SMILES string of the molecule is OC1CCN(c2ccc(CNC[C@@H]3CC=CCC3)cc2F)CC1. The molecule has 2 N–H and O–H groups in total. The third-order valence-corrected chi connectivity index (χ3v) is 4.96. The second-order valence-corrected chi connectivity index (χ2v) is 6.79. The Hall–Kier alpha value is -1.39. The molecule has 0 amide bonds. The summed E-state index contributed by atoms with van der Waals surface area (Å²) in [4.78, 5) is 2.04. The number of halogens is 1. The number of nitrogens with one attached hydrogen (secondary N) is 1. The standard InChI is InChI=1S/C19H27FN2O/c20-18-12-16(14-21-13-15-4-2-1-3-5-15)6-7-19(18)22-10-8-17(23)9-11-22/h1-2,6-7,12,15,17,21,23H,3-5,8-11,13-14H2/t15-/m1/s1. The number of rotatable bonds is 5. The van der Waals surface area contributed by atoms with Crippen LogP contribution in [0.1, 0.15) is 37.7 Å². The number of benzene rings is 1. The summed E-state index contributed by atoms with van der Waals surface area (Å²) < 4.78 is 14.4. The monoisotopic (exact) mass is 318 g/mol. The Morgan fingerprint density at radius 2 is 2.00 bits per heavy atom. The third kappa shape index (κ3) is 4.55. The van der Waals surface area contributed by atoms with Gasteiger partial charge in [-0.3, -0.25) is 0 Å². The van der Waals surface area contributed by atoms with Gasteiger partial charge in [-0.1, -0.05) is 18.2 Å². The molecule has 1 aliphatic heterocycles. The highest BCUT2D eigenvalue weighted by Gasteiger charge is 2.19. The van der Waals surface area contributed by atoms with Crippen LogP contribution in [0, 0.1) is 11.7 Å². The molecule has 0 unspecified atom stereocenters. The van der Waals surface area contributed by atoms with Crippen molar-refractivity contribution in [3.8, 4) is 0 Å². The molecule has 1 heterocycles. The van der Waals surface area contributed by atoms with Crippen molar-refractivity contribution in [1.29, 1.82) is 0 Å². The van der Waals surface area contributed by atoms with Gasteiger partial charge in [-0.25, -0.2) is 4.39 Å². The molecule has 2 aliphatic rings. The van der Waals surface area contributed by atoms with Crippen LogP contribution in [0.25, 0.3) is 0 Å². The molecule has 23 heavy (non-hydrogen) atoms. The Morgan fingerprint density at radius 3 is 2.70 bits per heavy atom. The Kier molecular flexibility index (Phi) is 5.68. The minimum absolute atomic E-state index is 0.152. The fourth-order valence-corrected chi connectivity index (χ4v) is 3.49. The predicted molar refractivity (Wildman–Crippen MR) is 92.0 cm³/mol. The molecule has 1 saturated heterocycles. The molecule has 0 radical (unpaired) electrons. The van der Waals surface area contributed by atoms with Crippen molar-refractivity contribution in [3.05, 3.63) is 41.7 Å². The van der Waals surface area contributed by atoms with Gasteiger partial charge in [0.2, 0.25) is 0 Å². The fourth-order valence-electron chi connectivity index (χ4n) is 3.49. The van der Waals surface area contributed by atoms with E-state index in [0.29, 0.717) is 11.6 Å². The van der Waals surface area contributed by atoms with Gasteiger partial charge < -0.3 is 15.3 Å². The van der Waals surface area contributed by atoms with Gasteiger partial charge in [0, 0.05) is 19.6 Å². The summed E-state index contributed by atoms with van der Waals surface area (Å²) in [6.45, 7) is 3.17. The maximum absolute atomic E-state index is 14.4. The van der Waals surface area contributed by atoms with Gasteiger partial charge >= 0.3 is 0 Å². The molecule has 126 valence electrons. The average molecular weight is 318 g/mol. The van der Waals surface area contributed by atoms with Crippen LogP contribution in [0.15, 0.2) is 30.4 Å². The number of piperidine rings is 1. The summed E-state index contributed by atoms with van der Waals surface area (Å²) >= 11 is 0. The van der Waals surface area contributed by atoms with Crippen LogP contribution >= 0.6 is 0 Å². The highest BCUT2D eigenvalue weighted by Crippen LogP contribution is 2.24. The summed E-state index contributed by atoms with van der Waals surface area (Å²) in [5.74, 6) is 0.560. The van der Waals surface area contributed by atoms with E-state index in [1.807, 2.05) is 17.0 Å². The Bertz CT molecular complexity index is 538. The van der Waals surface area contributed by atoms with Crippen LogP contribution in [0.2, 0.25) is 0 Å². The second kappa shape index (κ2) is 7.93. The maximum atomic E-state index is 14.4. The van der Waals surface area contributed by atoms with E-state index in [9.17, 15) is 9.50 Å². The number of nitrogens with zero attached hydrogens (tertiary/aromatic N) is 1. The lowest BCUT2D eigenvalue weighted by Gasteiger charge is -2.31. The van der Waals surface area contributed by atoms with Gasteiger partial charge in [-0.05, 0) is 62.3 Å². The summed E-state index contributed by atoms with van der Waals surface area (Å²) in [5, 5.41) is 13.0. The summed E-state index contributed by atoms with van der Waals surface area (Å²) in [6, 6.07) is 5.54. The molecule has 1 aromatic carbocycles. The minimum atomic E-state index is -0.229. The zero-order chi connectivity index (χ0) is 16.1. The molecule has 4 heteroatoms. The van der Waals surface area contributed by atoms with Crippen LogP contribution < -0.4 is 10.2 Å². The quantitative estimate of drug-likeness (QED) is 0.818. The highest BCUT2D eigenvalue weighted by atomic mass is 19.1. The van der Waals surface area contributed by atoms with E-state index in [-0.39, 0.29) is 11.9 Å². The number of aliphatic hydroxyl groups excluding tert-OH is 1. The van der Waals surface area contributed by atoms with Crippen molar-refractivity contribution in [2.75, 3.05) is 24.5 Å². The second-order valence-electron chi connectivity index (χ2n) is 6.79. The molecule has 1 atom stereocenters. The van der Waals surface area contributed by atoms with Crippen LogP contribution in [-0.4, -0.2) is 30.8 Å². The molecule has 0 saturated carbocycles. The van der Waals surface area contributed by atoms with Gasteiger partial charge in [0.15, 0.2) is 0 Å². The van der Waals surface area contributed by atoms with Crippen LogP contribution in [0.4, 0.5) is 10.1 Å². The Labute approximate surface area is 138 Å². The first kappa shape index (κ1) is 16.5. The molecular weight excluding hydrogens is 291 g/mol. The normalized spacial score (nSPS) is 22.5. The van der Waals surface area contributed by atoms with Gasteiger partial charge in [0.05, 0.1) is 11.8 Å². The molecule has 3 nitrogen and oxygen atoms in total. The van der Waals surface area contributed by atoms with Crippen molar-refractivity contribution in [2.24, 2.45) is 5.92 Å². The summed E-state index contributed by atoms with van der Waals surface area (Å²) in [6.07, 6.45) is 9.31. The van der Waals surface area contributed by atoms with Crippen molar-refractivity contribution in [2.45, 2.75) is 44.8 Å². The number of allylic oxidation sites excluding steroid dienone is 2. The fraction of sp³-hybridized carbons (Fsp3) is 0.579. The first-order valence-electron chi connectivity index (χ1n) is 8.79. The van der Waals surface area contributed by atoms with Crippen LogP contribution in [-0.2, 0) is 6.54 Å². The van der Waals surface area contributed by atoms with Crippen molar-refractivity contribution >= 4 is 5.69 Å². The molecular formula is C19H27FN2O. The lowest BCUT2D eigenvalue weighted by Crippen LogP contribution is -2.36. The molecule has 0 spiro atoms. The number of hydrogen-bond acceptors (Lipinski definition) is 3. The zero-order valence-electron chi connectivity index (χ0n) is 13.7. The van der Waals surface area contributed by atoms with Gasteiger partial charge in [-0.2, -0.15) is 0 Å². The number of anilines is 1. The number of hydrogen-bond donors (Lipinski definition) is 2. The molecule has 3 rings (SSSR count). The average Bonchev–Trinajstić information content (AvgIpc) is 2.57. The lowest BCUT2D eigenvalue weighted by atomic mass is 9.94. The first-order chi connectivity index (χ1) is 11.2. The van der Waals surface area contributed by atoms with Gasteiger partial charge in [0.25, 0.3) is 0 Å². The van der Waals surface area contributed by atoms with Crippen LogP contribution in [0.5, 0.6) is 0 Å². The van der Waals surface area contributed by atoms with E-state index < -0.39 is 0 Å². The summed E-state index contributed by atoms with van der Waals surface area (Å²) in [7, 11) is 0. The summed E-state index contributed by atoms with van der Waals surface area (Å²) in [5.41, 5.74) is 1.66. The van der Waals surface area contributed by atoms with Gasteiger partial charge in [-0.15, -0.1) is 0 Å². The predicted octanol–water partition coefficient (Wildman–Crippen LogP) is 3.23. The molecule has 1 aliphatic carbocycles. The molecule has 0 aromatic heterocycles. The van der Waals surface area contributed by atoms with E-state index in [1.54, 1.807) is 6.07 Å². The minimum Gasteiger partial charge on any atom is -0.393 e. The molecule has 1 fully saturated rings. The van der Waals surface area contributed by atoms with E-state index in [2.05, 4.69) is 17.5 Å². The van der Waals surface area contributed by atoms with Crippen molar-refractivity contribution in [1.82, 2.24) is 5.32 Å². The van der Waals surface area contributed by atoms with E-state index in [1.165, 1.54) is 12.8 Å². The van der Waals surface area contributed by atoms with E-state index in [4.69, 9.17) is 0 Å². The lowest BCUT2D eigenvalue weighted by molar-refractivity contribution is 0.145. The molecule has 0 bridgehead atoms. The maximum Gasteiger partial charge on any atom is 0.146 e. The van der Waals surface area contributed by atoms with Crippen molar-refractivity contribution < 1.29 is 9.50 Å². The third-order valence-electron chi connectivity index (χ3n) is 4.96. The highest BCUT2D eigenvalue weighted by molar-refractivity contribution is 5.49. The van der Waals surface area contributed by atoms with E-state index >= 15 is 0 Å². The molecule has 1 aromatic rings. The smallest absolute Gasteiger partial charge is 0.146 e. The largest absolute Gasteiger partial charge is 0.393 e.